The molecule has 0 fully saturated rings. The molecule has 2 aromatic heterocycles. The van der Waals surface area contributed by atoms with Gasteiger partial charge >= 0.3 is 5.97 Å². The second kappa shape index (κ2) is 7.67. The maximum absolute atomic E-state index is 12.3. The fraction of sp³-hybridized carbons (Fsp3) is 0.300. The van der Waals surface area contributed by atoms with E-state index in [0.717, 1.165) is 22.5 Å². The number of aromatic nitrogens is 4. The maximum Gasteiger partial charge on any atom is 0.307 e. The van der Waals surface area contributed by atoms with E-state index in [1.54, 1.807) is 10.9 Å². The molecule has 0 spiro atoms. The molecule has 3 aromatic rings. The van der Waals surface area contributed by atoms with Gasteiger partial charge in [0.1, 0.15) is 5.82 Å². The van der Waals surface area contributed by atoms with Crippen LogP contribution >= 0.6 is 0 Å². The van der Waals surface area contributed by atoms with Crippen molar-refractivity contribution >= 4 is 17.7 Å². The van der Waals surface area contributed by atoms with Crippen molar-refractivity contribution in [3.63, 3.8) is 0 Å². The molecule has 3 heterocycles. The molecule has 1 unspecified atom stereocenters. The number of benzene rings is 1. The standard InChI is InChI=1S/C20H21N5O3/c1-28-19(27)7-8-24-13-15(10-21-24)16-9-18(26)23-20-17(16)11-22-25(20)12-14-5-3-2-4-6-14/h2-6,10-11,13,16H,7-9,12H2,1H3,(H,23,26). The third-order valence-corrected chi connectivity index (χ3v) is 4.89. The Kier molecular flexibility index (Phi) is 4.92. The number of nitrogens with zero attached hydrogens (tertiary/aromatic N) is 4. The number of anilines is 1. The Morgan fingerprint density at radius 1 is 1.25 bits per heavy atom. The van der Waals surface area contributed by atoms with Gasteiger partial charge in [-0.1, -0.05) is 30.3 Å². The van der Waals surface area contributed by atoms with E-state index < -0.39 is 0 Å². The van der Waals surface area contributed by atoms with Crippen LogP contribution in [0.2, 0.25) is 0 Å². The minimum Gasteiger partial charge on any atom is -0.469 e. The van der Waals surface area contributed by atoms with E-state index in [9.17, 15) is 9.59 Å². The van der Waals surface area contributed by atoms with E-state index in [2.05, 4.69) is 20.3 Å². The summed E-state index contributed by atoms with van der Waals surface area (Å²) < 4.78 is 8.18. The minimum atomic E-state index is -0.279. The molecule has 1 atom stereocenters. The third kappa shape index (κ3) is 3.66. The summed E-state index contributed by atoms with van der Waals surface area (Å²) in [6.45, 7) is 1.02. The van der Waals surface area contributed by atoms with Gasteiger partial charge < -0.3 is 10.1 Å². The minimum absolute atomic E-state index is 0.0466. The molecular formula is C20H21N5O3. The number of hydrogen-bond acceptors (Lipinski definition) is 5. The molecule has 0 aliphatic carbocycles. The van der Waals surface area contributed by atoms with Gasteiger partial charge in [-0.3, -0.25) is 14.3 Å². The van der Waals surface area contributed by atoms with Crippen LogP contribution in [0.4, 0.5) is 5.82 Å². The lowest BCUT2D eigenvalue weighted by Gasteiger charge is -2.22. The Hall–Kier alpha value is -3.42. The van der Waals surface area contributed by atoms with E-state index in [0.29, 0.717) is 19.5 Å². The molecule has 1 N–H and O–H groups in total. The van der Waals surface area contributed by atoms with Gasteiger partial charge in [0.25, 0.3) is 0 Å². The lowest BCUT2D eigenvalue weighted by Crippen LogP contribution is -2.25. The molecule has 0 radical (unpaired) electrons. The molecule has 4 rings (SSSR count). The van der Waals surface area contributed by atoms with E-state index in [4.69, 9.17) is 0 Å². The summed E-state index contributed by atoms with van der Waals surface area (Å²) in [6, 6.07) is 9.99. The van der Waals surface area contributed by atoms with Crippen molar-refractivity contribution in [2.75, 3.05) is 12.4 Å². The van der Waals surface area contributed by atoms with Crippen LogP contribution in [0.3, 0.4) is 0 Å². The van der Waals surface area contributed by atoms with Crippen molar-refractivity contribution in [2.24, 2.45) is 0 Å². The fourth-order valence-electron chi connectivity index (χ4n) is 3.43. The van der Waals surface area contributed by atoms with Gasteiger partial charge in [-0.25, -0.2) is 4.68 Å². The first-order valence-corrected chi connectivity index (χ1v) is 9.12. The molecule has 28 heavy (non-hydrogen) atoms. The Morgan fingerprint density at radius 2 is 2.07 bits per heavy atom. The third-order valence-electron chi connectivity index (χ3n) is 4.89. The van der Waals surface area contributed by atoms with E-state index >= 15 is 0 Å². The Labute approximate surface area is 162 Å². The van der Waals surface area contributed by atoms with Gasteiger partial charge in [0.2, 0.25) is 5.91 Å². The normalized spacial score (nSPS) is 15.8. The molecule has 1 amide bonds. The van der Waals surface area contributed by atoms with Crippen molar-refractivity contribution in [3.8, 4) is 0 Å². The van der Waals surface area contributed by atoms with Crippen LogP contribution in [0.1, 0.15) is 35.4 Å². The molecule has 0 bridgehead atoms. The fourth-order valence-corrected chi connectivity index (χ4v) is 3.43. The first-order valence-electron chi connectivity index (χ1n) is 9.12. The number of amides is 1. The molecule has 1 aliphatic heterocycles. The summed E-state index contributed by atoms with van der Waals surface area (Å²) in [7, 11) is 1.37. The average Bonchev–Trinajstić information content (AvgIpc) is 3.34. The zero-order valence-electron chi connectivity index (χ0n) is 15.5. The highest BCUT2D eigenvalue weighted by Gasteiger charge is 2.30. The van der Waals surface area contributed by atoms with E-state index in [-0.39, 0.29) is 24.2 Å². The van der Waals surface area contributed by atoms with Gasteiger partial charge in [-0.2, -0.15) is 10.2 Å². The summed E-state index contributed by atoms with van der Waals surface area (Å²) >= 11 is 0. The number of fused-ring (bicyclic) bond motifs is 1. The second-order valence-electron chi connectivity index (χ2n) is 6.76. The van der Waals surface area contributed by atoms with Crippen LogP contribution in [-0.4, -0.2) is 38.5 Å². The number of methoxy groups -OCH3 is 1. The molecule has 8 heteroatoms. The highest BCUT2D eigenvalue weighted by molar-refractivity contribution is 5.94. The van der Waals surface area contributed by atoms with Crippen molar-refractivity contribution in [3.05, 3.63) is 65.6 Å². The van der Waals surface area contributed by atoms with Crippen molar-refractivity contribution < 1.29 is 14.3 Å². The molecule has 144 valence electrons. The number of esters is 1. The first kappa shape index (κ1) is 18.0. The van der Waals surface area contributed by atoms with Gasteiger partial charge in [0.05, 0.1) is 39.0 Å². The van der Waals surface area contributed by atoms with Crippen LogP contribution in [0, 0.1) is 0 Å². The number of ether oxygens (including phenoxy) is 1. The van der Waals surface area contributed by atoms with Crippen LogP contribution in [-0.2, 0) is 27.4 Å². The van der Waals surface area contributed by atoms with Gasteiger partial charge in [0.15, 0.2) is 0 Å². The lowest BCUT2D eigenvalue weighted by atomic mass is 9.89. The van der Waals surface area contributed by atoms with Crippen LogP contribution < -0.4 is 5.32 Å². The van der Waals surface area contributed by atoms with Crippen molar-refractivity contribution in [2.45, 2.75) is 31.8 Å². The topological polar surface area (TPSA) is 91.0 Å². The number of carbonyl (C=O) groups excluding carboxylic acids is 2. The van der Waals surface area contributed by atoms with Crippen molar-refractivity contribution in [1.29, 1.82) is 0 Å². The summed E-state index contributed by atoms with van der Waals surface area (Å²) in [5.41, 5.74) is 3.02. The SMILES string of the molecule is COC(=O)CCn1cc(C2CC(=O)Nc3c2cnn3Cc2ccccc2)cn1. The number of aryl methyl sites for hydroxylation is 1. The number of rotatable bonds is 6. The number of nitrogens with one attached hydrogen (secondary N) is 1. The molecule has 1 aliphatic rings. The van der Waals surface area contributed by atoms with Gasteiger partial charge in [-0.15, -0.1) is 0 Å². The number of carbonyl (C=O) groups is 2. The maximum atomic E-state index is 12.3. The number of hydrogen-bond donors (Lipinski definition) is 1. The van der Waals surface area contributed by atoms with Crippen LogP contribution in [0.25, 0.3) is 0 Å². The Balaban J connectivity index is 1.57. The van der Waals surface area contributed by atoms with Gasteiger partial charge in [-0.05, 0) is 11.1 Å². The zero-order chi connectivity index (χ0) is 19.5. The summed E-state index contributed by atoms with van der Waals surface area (Å²) in [4.78, 5) is 23.7. The average molecular weight is 379 g/mol. The lowest BCUT2D eigenvalue weighted by molar-refractivity contribution is -0.140. The summed E-state index contributed by atoms with van der Waals surface area (Å²) in [5.74, 6) is 0.292. The molecule has 1 aromatic carbocycles. The quantitative estimate of drug-likeness (QED) is 0.663. The molecule has 0 saturated carbocycles. The van der Waals surface area contributed by atoms with Crippen molar-refractivity contribution in [1.82, 2.24) is 19.6 Å². The molecular weight excluding hydrogens is 358 g/mol. The second-order valence-corrected chi connectivity index (χ2v) is 6.76. The summed E-state index contributed by atoms with van der Waals surface area (Å²) in [5, 5.41) is 11.8. The Morgan fingerprint density at radius 3 is 2.86 bits per heavy atom. The molecule has 0 saturated heterocycles. The van der Waals surface area contributed by atoms with E-state index in [1.807, 2.05) is 47.4 Å². The Bertz CT molecular complexity index is 992. The first-order chi connectivity index (χ1) is 13.6. The largest absolute Gasteiger partial charge is 0.469 e. The zero-order valence-corrected chi connectivity index (χ0v) is 15.5. The predicted octanol–water partition coefficient (Wildman–Crippen LogP) is 2.17. The van der Waals surface area contributed by atoms with E-state index in [1.165, 1.54) is 7.11 Å². The van der Waals surface area contributed by atoms with Crippen LogP contribution in [0.5, 0.6) is 0 Å². The highest BCUT2D eigenvalue weighted by Crippen LogP contribution is 2.37. The van der Waals surface area contributed by atoms with Crippen LogP contribution in [0.15, 0.2) is 48.9 Å². The predicted molar refractivity (Wildman–Crippen MR) is 102 cm³/mol. The van der Waals surface area contributed by atoms with Gasteiger partial charge in [0, 0.05) is 24.1 Å². The summed E-state index contributed by atoms with van der Waals surface area (Å²) in [6.07, 6.45) is 6.04. The smallest absolute Gasteiger partial charge is 0.307 e. The highest BCUT2D eigenvalue weighted by atomic mass is 16.5. The monoisotopic (exact) mass is 379 g/mol. The molecule has 8 nitrogen and oxygen atoms in total.